The molecule has 1 fully saturated rings. The fourth-order valence-electron chi connectivity index (χ4n) is 2.13. The zero-order chi connectivity index (χ0) is 12.4. The average molecular weight is 306 g/mol. The molecular formula is C12H14BrF2NO. The molecule has 0 saturated carbocycles. The standard InChI is InChI=1S/C12H14BrF2NO/c13-8-1-2-9(14)11(12(8)15)10(16)5-7-3-4-17-6-7/h1-2,7,10H,3-6,16H2. The molecule has 2 atom stereocenters. The van der Waals surface area contributed by atoms with E-state index in [0.29, 0.717) is 25.6 Å². The van der Waals surface area contributed by atoms with Gasteiger partial charge in [0, 0.05) is 24.8 Å². The molecule has 0 bridgehead atoms. The van der Waals surface area contributed by atoms with Crippen molar-refractivity contribution in [2.24, 2.45) is 11.7 Å². The average Bonchev–Trinajstić information content (AvgIpc) is 2.77. The van der Waals surface area contributed by atoms with Crippen molar-refractivity contribution in [2.45, 2.75) is 18.9 Å². The van der Waals surface area contributed by atoms with E-state index in [4.69, 9.17) is 10.5 Å². The highest BCUT2D eigenvalue weighted by Crippen LogP contribution is 2.30. The summed E-state index contributed by atoms with van der Waals surface area (Å²) in [6, 6.07) is 1.95. The van der Waals surface area contributed by atoms with E-state index in [1.54, 1.807) is 0 Å². The summed E-state index contributed by atoms with van der Waals surface area (Å²) in [5.74, 6) is -0.892. The van der Waals surface area contributed by atoms with Crippen LogP contribution in [-0.2, 0) is 4.74 Å². The van der Waals surface area contributed by atoms with Gasteiger partial charge < -0.3 is 10.5 Å². The molecule has 1 heterocycles. The molecule has 0 aromatic heterocycles. The molecule has 0 radical (unpaired) electrons. The lowest BCUT2D eigenvalue weighted by molar-refractivity contribution is 0.182. The predicted molar refractivity (Wildman–Crippen MR) is 64.5 cm³/mol. The SMILES string of the molecule is NC(CC1CCOC1)c1c(F)ccc(Br)c1F. The summed E-state index contributed by atoms with van der Waals surface area (Å²) in [7, 11) is 0. The van der Waals surface area contributed by atoms with Crippen molar-refractivity contribution in [1.82, 2.24) is 0 Å². The Balaban J connectivity index is 2.17. The van der Waals surface area contributed by atoms with Crippen LogP contribution in [0.15, 0.2) is 16.6 Å². The van der Waals surface area contributed by atoms with Crippen LogP contribution in [0.1, 0.15) is 24.4 Å². The predicted octanol–water partition coefficient (Wildman–Crippen LogP) is 3.15. The van der Waals surface area contributed by atoms with Crippen LogP contribution < -0.4 is 5.73 Å². The van der Waals surface area contributed by atoms with E-state index in [-0.39, 0.29) is 10.0 Å². The Morgan fingerprint density at radius 2 is 2.24 bits per heavy atom. The molecule has 2 N–H and O–H groups in total. The number of benzene rings is 1. The van der Waals surface area contributed by atoms with Gasteiger partial charge >= 0.3 is 0 Å². The largest absolute Gasteiger partial charge is 0.381 e. The molecule has 1 saturated heterocycles. The highest BCUT2D eigenvalue weighted by atomic mass is 79.9. The molecule has 1 aromatic carbocycles. The molecule has 1 aromatic rings. The highest BCUT2D eigenvalue weighted by Gasteiger charge is 2.24. The van der Waals surface area contributed by atoms with E-state index in [1.807, 2.05) is 0 Å². The third-order valence-corrected chi connectivity index (χ3v) is 3.67. The fraction of sp³-hybridized carbons (Fsp3) is 0.500. The maximum atomic E-state index is 13.8. The summed E-state index contributed by atoms with van der Waals surface area (Å²) >= 11 is 3.04. The second-order valence-electron chi connectivity index (χ2n) is 4.33. The van der Waals surface area contributed by atoms with Crippen molar-refractivity contribution in [3.05, 3.63) is 33.8 Å². The topological polar surface area (TPSA) is 35.2 Å². The molecule has 5 heteroatoms. The number of rotatable bonds is 3. The minimum Gasteiger partial charge on any atom is -0.381 e. The normalized spacial score (nSPS) is 21.8. The second-order valence-corrected chi connectivity index (χ2v) is 5.18. The Labute approximate surface area is 107 Å². The summed E-state index contributed by atoms with van der Waals surface area (Å²) in [5, 5.41) is 0. The lowest BCUT2D eigenvalue weighted by Crippen LogP contribution is -2.18. The van der Waals surface area contributed by atoms with Gasteiger partial charge in [-0.15, -0.1) is 0 Å². The summed E-state index contributed by atoms with van der Waals surface area (Å²) < 4.78 is 32.8. The van der Waals surface area contributed by atoms with Gasteiger partial charge in [-0.05, 0) is 46.8 Å². The first-order chi connectivity index (χ1) is 8.09. The summed E-state index contributed by atoms with van der Waals surface area (Å²) in [6.45, 7) is 1.34. The summed E-state index contributed by atoms with van der Waals surface area (Å²) in [5.41, 5.74) is 5.85. The first-order valence-electron chi connectivity index (χ1n) is 5.56. The van der Waals surface area contributed by atoms with Crippen LogP contribution in [0.25, 0.3) is 0 Å². The van der Waals surface area contributed by atoms with Crippen LogP contribution >= 0.6 is 15.9 Å². The van der Waals surface area contributed by atoms with E-state index in [2.05, 4.69) is 15.9 Å². The third-order valence-electron chi connectivity index (χ3n) is 3.06. The number of hydrogen-bond donors (Lipinski definition) is 1. The van der Waals surface area contributed by atoms with Crippen LogP contribution in [0.3, 0.4) is 0 Å². The van der Waals surface area contributed by atoms with E-state index in [0.717, 1.165) is 6.42 Å². The Morgan fingerprint density at radius 3 is 2.88 bits per heavy atom. The van der Waals surface area contributed by atoms with E-state index >= 15 is 0 Å². The smallest absolute Gasteiger partial charge is 0.145 e. The fourth-order valence-corrected chi connectivity index (χ4v) is 2.47. The van der Waals surface area contributed by atoms with E-state index < -0.39 is 17.7 Å². The number of hydrogen-bond acceptors (Lipinski definition) is 2. The van der Waals surface area contributed by atoms with Crippen LogP contribution in [-0.4, -0.2) is 13.2 Å². The zero-order valence-electron chi connectivity index (χ0n) is 9.26. The van der Waals surface area contributed by atoms with Gasteiger partial charge in [0.1, 0.15) is 11.6 Å². The van der Waals surface area contributed by atoms with Crippen molar-refractivity contribution in [1.29, 1.82) is 0 Å². The van der Waals surface area contributed by atoms with Crippen LogP contribution in [0.4, 0.5) is 8.78 Å². The first-order valence-corrected chi connectivity index (χ1v) is 6.35. The van der Waals surface area contributed by atoms with Gasteiger partial charge in [0.15, 0.2) is 0 Å². The van der Waals surface area contributed by atoms with E-state index in [1.165, 1.54) is 12.1 Å². The van der Waals surface area contributed by atoms with Crippen molar-refractivity contribution in [2.75, 3.05) is 13.2 Å². The third kappa shape index (κ3) is 2.84. The zero-order valence-corrected chi connectivity index (χ0v) is 10.8. The maximum Gasteiger partial charge on any atom is 0.145 e. The molecule has 2 rings (SSSR count). The minimum absolute atomic E-state index is 0.0359. The first kappa shape index (κ1) is 12.9. The van der Waals surface area contributed by atoms with Gasteiger partial charge in [0.05, 0.1) is 4.47 Å². The maximum absolute atomic E-state index is 13.8. The molecule has 0 spiro atoms. The van der Waals surface area contributed by atoms with Gasteiger partial charge in [-0.1, -0.05) is 0 Å². The monoisotopic (exact) mass is 305 g/mol. The van der Waals surface area contributed by atoms with Gasteiger partial charge in [0.2, 0.25) is 0 Å². The van der Waals surface area contributed by atoms with Crippen LogP contribution in [0.2, 0.25) is 0 Å². The summed E-state index contributed by atoms with van der Waals surface area (Å²) in [6.07, 6.45) is 1.45. The van der Waals surface area contributed by atoms with E-state index in [9.17, 15) is 8.78 Å². The van der Waals surface area contributed by atoms with Crippen molar-refractivity contribution in [3.63, 3.8) is 0 Å². The molecule has 2 unspecified atom stereocenters. The summed E-state index contributed by atoms with van der Waals surface area (Å²) in [4.78, 5) is 0. The Morgan fingerprint density at radius 1 is 1.47 bits per heavy atom. The molecule has 17 heavy (non-hydrogen) atoms. The molecular weight excluding hydrogens is 292 g/mol. The lowest BCUT2D eigenvalue weighted by Gasteiger charge is -2.17. The molecule has 0 amide bonds. The molecule has 1 aliphatic rings. The van der Waals surface area contributed by atoms with Gasteiger partial charge in [0.25, 0.3) is 0 Å². The van der Waals surface area contributed by atoms with Gasteiger partial charge in [-0.2, -0.15) is 0 Å². The van der Waals surface area contributed by atoms with Crippen molar-refractivity contribution < 1.29 is 13.5 Å². The Kier molecular flexibility index (Phi) is 4.12. The second kappa shape index (κ2) is 5.42. The minimum atomic E-state index is -0.626. The van der Waals surface area contributed by atoms with Gasteiger partial charge in [-0.3, -0.25) is 0 Å². The number of halogens is 3. The number of ether oxygens (including phenoxy) is 1. The molecule has 0 aliphatic carbocycles. The van der Waals surface area contributed by atoms with Crippen LogP contribution in [0.5, 0.6) is 0 Å². The van der Waals surface area contributed by atoms with Crippen molar-refractivity contribution >= 4 is 15.9 Å². The Bertz CT molecular complexity index is 408. The van der Waals surface area contributed by atoms with Crippen molar-refractivity contribution in [3.8, 4) is 0 Å². The highest BCUT2D eigenvalue weighted by molar-refractivity contribution is 9.10. The number of nitrogens with two attached hydrogens (primary N) is 1. The molecule has 94 valence electrons. The lowest BCUT2D eigenvalue weighted by atomic mass is 9.94. The molecule has 2 nitrogen and oxygen atoms in total. The molecule has 1 aliphatic heterocycles. The Hall–Kier alpha value is -0.520. The van der Waals surface area contributed by atoms with Gasteiger partial charge in [-0.25, -0.2) is 8.78 Å². The quantitative estimate of drug-likeness (QED) is 0.871. The van der Waals surface area contributed by atoms with Crippen LogP contribution in [0, 0.1) is 17.6 Å².